The molecule has 0 unspecified atom stereocenters. The second-order valence-corrected chi connectivity index (χ2v) is 9.54. The fourth-order valence-corrected chi connectivity index (χ4v) is 2.22. The molecule has 0 fully saturated rings. The Morgan fingerprint density at radius 3 is 2.04 bits per heavy atom. The Hall–Kier alpha value is -0.300. The minimum absolute atomic E-state index is 0.0106. The lowest BCUT2D eigenvalue weighted by molar-refractivity contribution is 0.522. The molecule has 0 bridgehead atoms. The molecular formula is C13H12Cl6N4O. The summed E-state index contributed by atoms with van der Waals surface area (Å²) in [5.74, 6) is 0.923. The molecule has 0 atom stereocenters. The summed E-state index contributed by atoms with van der Waals surface area (Å²) in [6, 6.07) is 1.89. The van der Waals surface area contributed by atoms with Crippen LogP contribution in [0.4, 0.5) is 5.69 Å². The minimum Gasteiger partial charge on any atom is -0.467 e. The van der Waals surface area contributed by atoms with Crippen molar-refractivity contribution in [2.45, 2.75) is 14.0 Å². The van der Waals surface area contributed by atoms with E-state index in [1.807, 2.05) is 25.1 Å². The zero-order chi connectivity index (χ0) is 18.1. The van der Waals surface area contributed by atoms with Gasteiger partial charge in [-0.2, -0.15) is 0 Å². The van der Waals surface area contributed by atoms with E-state index in [1.54, 1.807) is 12.3 Å². The van der Waals surface area contributed by atoms with Gasteiger partial charge in [-0.25, -0.2) is 9.98 Å². The van der Waals surface area contributed by atoms with E-state index in [1.165, 1.54) is 0 Å². The highest BCUT2D eigenvalue weighted by Crippen LogP contribution is 2.33. The maximum atomic E-state index is 5.85. The summed E-state index contributed by atoms with van der Waals surface area (Å²) in [7, 11) is 3.82. The van der Waals surface area contributed by atoms with Crippen LogP contribution in [-0.4, -0.2) is 33.4 Å². The summed E-state index contributed by atoms with van der Waals surface area (Å²) >= 11 is 35.1. The van der Waals surface area contributed by atoms with Gasteiger partial charge in [0.2, 0.25) is 7.59 Å². The summed E-state index contributed by atoms with van der Waals surface area (Å²) < 4.78 is 1.81. The van der Waals surface area contributed by atoms with Crippen molar-refractivity contribution in [2.24, 2.45) is 9.98 Å². The van der Waals surface area contributed by atoms with Crippen molar-refractivity contribution in [3.8, 4) is 0 Å². The van der Waals surface area contributed by atoms with Gasteiger partial charge in [0.25, 0.3) is 0 Å². The number of hydrogen-bond acceptors (Lipinski definition) is 5. The molecule has 0 amide bonds. The van der Waals surface area contributed by atoms with Gasteiger partial charge in [0.1, 0.15) is 12.0 Å². The van der Waals surface area contributed by atoms with Crippen LogP contribution in [0.25, 0.3) is 0 Å². The predicted octanol–water partition coefficient (Wildman–Crippen LogP) is 4.87. The summed E-state index contributed by atoms with van der Waals surface area (Å²) in [6.45, 7) is 0. The quantitative estimate of drug-likeness (QED) is 0.665. The molecule has 1 aliphatic heterocycles. The Morgan fingerprint density at radius 2 is 1.62 bits per heavy atom. The average molecular weight is 453 g/mol. The Labute approximate surface area is 169 Å². The van der Waals surface area contributed by atoms with Crippen molar-refractivity contribution in [3.05, 3.63) is 30.0 Å². The number of allylic oxidation sites excluding steroid dienone is 1. The highest BCUT2D eigenvalue weighted by atomic mass is 35.6. The first-order valence-electron chi connectivity index (χ1n) is 6.50. The molecule has 11 heteroatoms. The monoisotopic (exact) mass is 450 g/mol. The number of nitrogens with zero attached hydrogens (tertiary/aromatic N) is 3. The summed E-state index contributed by atoms with van der Waals surface area (Å²) in [5.41, 5.74) is 0.935. The van der Waals surface area contributed by atoms with Gasteiger partial charge in [0.15, 0.2) is 17.5 Å². The van der Waals surface area contributed by atoms with Crippen molar-refractivity contribution >= 4 is 87.0 Å². The lowest BCUT2D eigenvalue weighted by atomic mass is 10.3. The van der Waals surface area contributed by atoms with Gasteiger partial charge in [-0.3, -0.25) is 0 Å². The number of anilines is 1. The molecule has 2 heterocycles. The van der Waals surface area contributed by atoms with E-state index >= 15 is 0 Å². The molecule has 24 heavy (non-hydrogen) atoms. The van der Waals surface area contributed by atoms with Crippen LogP contribution in [-0.2, 0) is 6.42 Å². The molecule has 1 aliphatic rings. The van der Waals surface area contributed by atoms with Gasteiger partial charge in [0.05, 0.1) is 5.69 Å². The molecule has 2 rings (SSSR count). The number of aliphatic imine (C=N–C) groups is 2. The molecule has 1 N–H and O–H groups in total. The highest BCUT2D eigenvalue weighted by molar-refractivity contribution is 6.79. The number of furan rings is 1. The third-order valence-electron chi connectivity index (χ3n) is 2.87. The lowest BCUT2D eigenvalue weighted by Crippen LogP contribution is -2.46. The van der Waals surface area contributed by atoms with E-state index in [9.17, 15) is 0 Å². The van der Waals surface area contributed by atoms with Crippen molar-refractivity contribution in [3.63, 3.8) is 0 Å². The van der Waals surface area contributed by atoms with E-state index in [0.29, 0.717) is 12.2 Å². The first-order valence-corrected chi connectivity index (χ1v) is 8.77. The number of rotatable bonds is 3. The normalized spacial score (nSPS) is 15.6. The maximum Gasteiger partial charge on any atom is 0.248 e. The summed E-state index contributed by atoms with van der Waals surface area (Å²) in [4.78, 5) is 10.2. The largest absolute Gasteiger partial charge is 0.467 e. The number of alkyl halides is 6. The Bertz CT molecular complexity index is 664. The van der Waals surface area contributed by atoms with Crippen LogP contribution in [0.5, 0.6) is 0 Å². The van der Waals surface area contributed by atoms with Gasteiger partial charge in [0, 0.05) is 26.6 Å². The second kappa shape index (κ2) is 7.52. The molecule has 1 aromatic heterocycles. The summed E-state index contributed by atoms with van der Waals surface area (Å²) in [5, 5.41) is 2.62. The Morgan fingerprint density at radius 1 is 1.08 bits per heavy atom. The third kappa shape index (κ3) is 5.35. The molecule has 0 aromatic carbocycles. The SMILES string of the molecule is CN(C)c1coc(CC=C2N=C(C(Cl)(Cl)Cl)NC(C(Cl)(Cl)Cl)=N2)c1. The zero-order valence-electron chi connectivity index (χ0n) is 12.5. The highest BCUT2D eigenvalue weighted by Gasteiger charge is 2.37. The Balaban J connectivity index is 2.28. The minimum atomic E-state index is -1.82. The smallest absolute Gasteiger partial charge is 0.248 e. The molecule has 0 spiro atoms. The van der Waals surface area contributed by atoms with Crippen molar-refractivity contribution in [1.29, 1.82) is 0 Å². The van der Waals surface area contributed by atoms with Crippen LogP contribution in [0.1, 0.15) is 5.76 Å². The average Bonchev–Trinajstić information content (AvgIpc) is 2.92. The van der Waals surface area contributed by atoms with Crippen molar-refractivity contribution < 1.29 is 4.42 Å². The molecule has 5 nitrogen and oxygen atoms in total. The molecule has 0 radical (unpaired) electrons. The van der Waals surface area contributed by atoms with Crippen molar-refractivity contribution in [2.75, 3.05) is 19.0 Å². The van der Waals surface area contributed by atoms with E-state index < -0.39 is 7.59 Å². The van der Waals surface area contributed by atoms with Crippen LogP contribution >= 0.6 is 69.6 Å². The van der Waals surface area contributed by atoms with Crippen LogP contribution in [0.15, 0.2) is 38.6 Å². The molecule has 0 saturated carbocycles. The van der Waals surface area contributed by atoms with Crippen LogP contribution in [0, 0.1) is 0 Å². The fraction of sp³-hybridized carbons (Fsp3) is 0.385. The van der Waals surface area contributed by atoms with Crippen molar-refractivity contribution in [1.82, 2.24) is 5.32 Å². The molecule has 1 aromatic rings. The standard InChI is InChI=1S/C13H12Cl6N4O/c1-23(2)7-5-8(24-6-7)3-4-9-20-10(12(14,15)16)22-11(21-9)13(17,18)19/h4-6H,3H2,1-2H3,(H,20,21,22). The van der Waals surface area contributed by atoms with Gasteiger partial charge in [-0.15, -0.1) is 0 Å². The first-order chi connectivity index (χ1) is 11.0. The van der Waals surface area contributed by atoms with Gasteiger partial charge in [-0.05, 0) is 6.08 Å². The van der Waals surface area contributed by atoms with E-state index in [2.05, 4.69) is 15.3 Å². The van der Waals surface area contributed by atoms with Crippen LogP contribution < -0.4 is 10.2 Å². The molecule has 0 saturated heterocycles. The lowest BCUT2D eigenvalue weighted by Gasteiger charge is -2.24. The zero-order valence-corrected chi connectivity index (χ0v) is 17.0. The van der Waals surface area contributed by atoms with Crippen LogP contribution in [0.3, 0.4) is 0 Å². The van der Waals surface area contributed by atoms with Crippen LogP contribution in [0.2, 0.25) is 0 Å². The Kier molecular flexibility index (Phi) is 6.27. The topological polar surface area (TPSA) is 53.1 Å². The molecule has 132 valence electrons. The van der Waals surface area contributed by atoms with E-state index in [4.69, 9.17) is 74.0 Å². The molecule has 0 aliphatic carbocycles. The number of nitrogens with one attached hydrogen (secondary N) is 1. The van der Waals surface area contributed by atoms with E-state index in [0.717, 1.165) is 5.69 Å². The molecular weight excluding hydrogens is 441 g/mol. The predicted molar refractivity (Wildman–Crippen MR) is 103 cm³/mol. The first kappa shape index (κ1) is 20.0. The van der Waals surface area contributed by atoms with Gasteiger partial charge in [-0.1, -0.05) is 69.6 Å². The maximum absolute atomic E-state index is 5.85. The van der Waals surface area contributed by atoms with Gasteiger partial charge >= 0.3 is 0 Å². The second-order valence-electron chi connectivity index (χ2n) is 4.97. The van der Waals surface area contributed by atoms with E-state index in [-0.39, 0.29) is 17.5 Å². The number of hydrogen-bond donors (Lipinski definition) is 1. The number of amidine groups is 2. The third-order valence-corrected chi connectivity index (χ3v) is 3.94. The number of halogens is 6. The fourth-order valence-electron chi connectivity index (χ4n) is 1.68. The summed E-state index contributed by atoms with van der Waals surface area (Å²) in [6.07, 6.45) is 3.73. The van der Waals surface area contributed by atoms with Gasteiger partial charge < -0.3 is 14.6 Å².